The van der Waals surface area contributed by atoms with Gasteiger partial charge >= 0.3 is 5.97 Å². The van der Waals surface area contributed by atoms with Gasteiger partial charge in [-0.05, 0) is 44.7 Å². The number of carbonyl (C=O) groups excluding carboxylic acids is 1. The number of carboxylic acid groups (broad SMARTS) is 1. The minimum Gasteiger partial charge on any atom is -0.480 e. The third-order valence-electron chi connectivity index (χ3n) is 4.12. The van der Waals surface area contributed by atoms with E-state index < -0.39 is 11.5 Å². The molecule has 0 aromatic heterocycles. The van der Waals surface area contributed by atoms with Crippen molar-refractivity contribution in [1.29, 1.82) is 0 Å². The van der Waals surface area contributed by atoms with Gasteiger partial charge in [-0.15, -0.1) is 0 Å². The van der Waals surface area contributed by atoms with Crippen molar-refractivity contribution in [3.8, 4) is 0 Å². The zero-order valence-corrected chi connectivity index (χ0v) is 12.2. The van der Waals surface area contributed by atoms with Gasteiger partial charge in [-0.3, -0.25) is 4.79 Å². The fraction of sp³-hybridized carbons (Fsp3) is 0.500. The zero-order valence-electron chi connectivity index (χ0n) is 12.2. The summed E-state index contributed by atoms with van der Waals surface area (Å²) >= 11 is 0. The summed E-state index contributed by atoms with van der Waals surface area (Å²) in [4.78, 5) is 24.0. The summed E-state index contributed by atoms with van der Waals surface area (Å²) in [6.45, 7) is 5.76. The Kier molecular flexibility index (Phi) is 3.84. The Morgan fingerprint density at radius 3 is 2.05 bits per heavy atom. The highest BCUT2D eigenvalue weighted by atomic mass is 16.4. The van der Waals surface area contributed by atoms with E-state index >= 15 is 0 Å². The smallest absolute Gasteiger partial charge is 0.329 e. The molecule has 0 aliphatic heterocycles. The maximum absolute atomic E-state index is 12.5. The summed E-state index contributed by atoms with van der Waals surface area (Å²) in [6, 6.07) is 3.90. The van der Waals surface area contributed by atoms with E-state index in [1.54, 1.807) is 0 Å². The second kappa shape index (κ2) is 5.27. The molecule has 1 saturated carbocycles. The lowest BCUT2D eigenvalue weighted by molar-refractivity contribution is -0.144. The third-order valence-corrected chi connectivity index (χ3v) is 4.12. The summed E-state index contributed by atoms with van der Waals surface area (Å²) in [6.07, 6.45) is 2.72. The Morgan fingerprint density at radius 1 is 1.10 bits per heavy atom. The van der Waals surface area contributed by atoms with Crippen LogP contribution in [0.1, 0.15) is 52.7 Å². The molecule has 1 aliphatic rings. The van der Waals surface area contributed by atoms with Crippen molar-refractivity contribution < 1.29 is 14.7 Å². The number of benzene rings is 1. The van der Waals surface area contributed by atoms with E-state index in [-0.39, 0.29) is 5.91 Å². The minimum atomic E-state index is -1.08. The van der Waals surface area contributed by atoms with Crippen molar-refractivity contribution in [2.45, 2.75) is 52.0 Å². The molecule has 2 rings (SSSR count). The van der Waals surface area contributed by atoms with Crippen LogP contribution in [0.4, 0.5) is 0 Å². The fourth-order valence-electron chi connectivity index (χ4n) is 3.19. The third kappa shape index (κ3) is 2.55. The lowest BCUT2D eigenvalue weighted by Gasteiger charge is -2.26. The van der Waals surface area contributed by atoms with Gasteiger partial charge in [0.05, 0.1) is 0 Å². The van der Waals surface area contributed by atoms with Crippen LogP contribution in [0.5, 0.6) is 0 Å². The van der Waals surface area contributed by atoms with Gasteiger partial charge in [-0.2, -0.15) is 0 Å². The molecule has 0 unspecified atom stereocenters. The highest BCUT2D eigenvalue weighted by Crippen LogP contribution is 2.30. The molecule has 0 spiro atoms. The van der Waals surface area contributed by atoms with Gasteiger partial charge in [-0.1, -0.05) is 30.5 Å². The fourth-order valence-corrected chi connectivity index (χ4v) is 3.19. The van der Waals surface area contributed by atoms with Crippen LogP contribution < -0.4 is 5.32 Å². The van der Waals surface area contributed by atoms with Gasteiger partial charge in [-0.25, -0.2) is 4.79 Å². The number of amides is 1. The first-order valence-corrected chi connectivity index (χ1v) is 6.99. The predicted molar refractivity (Wildman–Crippen MR) is 77.0 cm³/mol. The Hall–Kier alpha value is -1.84. The Morgan fingerprint density at radius 2 is 1.60 bits per heavy atom. The number of aliphatic carboxylic acids is 1. The van der Waals surface area contributed by atoms with E-state index in [9.17, 15) is 14.7 Å². The number of carboxylic acids is 1. The van der Waals surface area contributed by atoms with Gasteiger partial charge in [0.25, 0.3) is 5.91 Å². The van der Waals surface area contributed by atoms with Crippen molar-refractivity contribution >= 4 is 11.9 Å². The van der Waals surface area contributed by atoms with Crippen molar-refractivity contribution in [3.63, 3.8) is 0 Å². The van der Waals surface area contributed by atoms with Crippen LogP contribution in [0.25, 0.3) is 0 Å². The van der Waals surface area contributed by atoms with E-state index in [0.29, 0.717) is 18.4 Å². The van der Waals surface area contributed by atoms with E-state index in [0.717, 1.165) is 29.5 Å². The lowest BCUT2D eigenvalue weighted by Crippen LogP contribution is -2.52. The van der Waals surface area contributed by atoms with Crippen LogP contribution >= 0.6 is 0 Å². The highest BCUT2D eigenvalue weighted by Gasteiger charge is 2.42. The molecule has 1 aromatic carbocycles. The van der Waals surface area contributed by atoms with E-state index in [1.165, 1.54) is 0 Å². The Bertz CT molecular complexity index is 534. The topological polar surface area (TPSA) is 66.4 Å². The van der Waals surface area contributed by atoms with Gasteiger partial charge in [0.2, 0.25) is 0 Å². The first kappa shape index (κ1) is 14.6. The molecule has 1 amide bonds. The molecule has 0 saturated heterocycles. The second-order valence-corrected chi connectivity index (χ2v) is 5.82. The molecular weight excluding hydrogens is 254 g/mol. The van der Waals surface area contributed by atoms with Crippen molar-refractivity contribution in [3.05, 3.63) is 34.4 Å². The van der Waals surface area contributed by atoms with Crippen LogP contribution in [0.15, 0.2) is 12.1 Å². The molecule has 0 heterocycles. The average Bonchev–Trinajstić information content (AvgIpc) is 2.77. The monoisotopic (exact) mass is 275 g/mol. The van der Waals surface area contributed by atoms with Crippen LogP contribution in [0.3, 0.4) is 0 Å². The number of aryl methyl sites for hydroxylation is 3. The molecule has 0 atom stereocenters. The van der Waals surface area contributed by atoms with E-state index in [1.807, 2.05) is 32.9 Å². The number of rotatable bonds is 3. The molecule has 1 aromatic rings. The summed E-state index contributed by atoms with van der Waals surface area (Å²) in [5.74, 6) is -1.20. The first-order valence-electron chi connectivity index (χ1n) is 6.99. The van der Waals surface area contributed by atoms with Gasteiger partial charge in [0.1, 0.15) is 5.54 Å². The van der Waals surface area contributed by atoms with E-state index in [4.69, 9.17) is 0 Å². The highest BCUT2D eigenvalue weighted by molar-refractivity contribution is 6.00. The van der Waals surface area contributed by atoms with Gasteiger partial charge < -0.3 is 10.4 Å². The maximum Gasteiger partial charge on any atom is 0.329 e. The van der Waals surface area contributed by atoms with Crippen molar-refractivity contribution in [1.82, 2.24) is 5.32 Å². The number of hydrogen-bond donors (Lipinski definition) is 2. The summed E-state index contributed by atoms with van der Waals surface area (Å²) in [5.41, 5.74) is 2.39. The molecule has 2 N–H and O–H groups in total. The Labute approximate surface area is 119 Å². The molecule has 4 heteroatoms. The molecule has 108 valence electrons. The van der Waals surface area contributed by atoms with Gasteiger partial charge in [0, 0.05) is 5.56 Å². The summed E-state index contributed by atoms with van der Waals surface area (Å²) in [5, 5.41) is 12.2. The summed E-state index contributed by atoms with van der Waals surface area (Å²) < 4.78 is 0. The minimum absolute atomic E-state index is 0.274. The van der Waals surface area contributed by atoms with E-state index in [2.05, 4.69) is 5.32 Å². The quantitative estimate of drug-likeness (QED) is 0.891. The van der Waals surface area contributed by atoms with Gasteiger partial charge in [0.15, 0.2) is 0 Å². The zero-order chi connectivity index (χ0) is 14.9. The number of hydrogen-bond acceptors (Lipinski definition) is 2. The normalized spacial score (nSPS) is 16.9. The molecular formula is C16H21NO3. The molecule has 0 bridgehead atoms. The maximum atomic E-state index is 12.5. The van der Waals surface area contributed by atoms with Crippen LogP contribution in [-0.4, -0.2) is 22.5 Å². The Balaban J connectivity index is 2.31. The molecule has 1 aliphatic carbocycles. The average molecular weight is 275 g/mol. The second-order valence-electron chi connectivity index (χ2n) is 5.82. The largest absolute Gasteiger partial charge is 0.480 e. The predicted octanol–water partition coefficient (Wildman–Crippen LogP) is 2.74. The van der Waals surface area contributed by atoms with Crippen LogP contribution in [0, 0.1) is 20.8 Å². The number of carbonyl (C=O) groups is 2. The van der Waals surface area contributed by atoms with Crippen molar-refractivity contribution in [2.75, 3.05) is 0 Å². The molecule has 20 heavy (non-hydrogen) atoms. The van der Waals surface area contributed by atoms with Crippen LogP contribution in [-0.2, 0) is 4.79 Å². The molecule has 1 fully saturated rings. The lowest BCUT2D eigenvalue weighted by atomic mass is 9.94. The first-order chi connectivity index (χ1) is 9.35. The molecule has 0 radical (unpaired) electrons. The van der Waals surface area contributed by atoms with Crippen molar-refractivity contribution in [2.24, 2.45) is 0 Å². The SMILES string of the molecule is Cc1cc(C)c(C(=O)NC2(C(=O)O)CCCC2)c(C)c1. The molecule has 4 nitrogen and oxygen atoms in total. The summed E-state index contributed by atoms with van der Waals surface area (Å²) in [7, 11) is 0. The van der Waals surface area contributed by atoms with Crippen LogP contribution in [0.2, 0.25) is 0 Å². The standard InChI is InChI=1S/C16H21NO3/c1-10-8-11(2)13(12(3)9-10)14(18)17-16(15(19)20)6-4-5-7-16/h8-9H,4-7H2,1-3H3,(H,17,18)(H,19,20). The number of nitrogens with one attached hydrogen (secondary N) is 1.